The summed E-state index contributed by atoms with van der Waals surface area (Å²) in [6, 6.07) is 8.14. The second-order valence-electron chi connectivity index (χ2n) is 4.54. The van der Waals surface area contributed by atoms with Crippen molar-refractivity contribution in [3.63, 3.8) is 0 Å². The van der Waals surface area contributed by atoms with E-state index in [1.54, 1.807) is 24.3 Å². The minimum atomic E-state index is -3.70. The summed E-state index contributed by atoms with van der Waals surface area (Å²) in [6.45, 7) is -0.0330. The molecule has 0 aliphatic carbocycles. The molecule has 1 unspecified atom stereocenters. The Hall–Kier alpha value is -1.28. The highest BCUT2D eigenvalue weighted by Crippen LogP contribution is 2.42. The van der Waals surface area contributed by atoms with Crippen molar-refractivity contribution in [3.05, 3.63) is 40.2 Å². The van der Waals surface area contributed by atoms with Crippen molar-refractivity contribution in [2.45, 2.75) is 10.3 Å². The average molecular weight is 346 g/mol. The lowest BCUT2D eigenvalue weighted by atomic mass is 10.2. The minimum Gasteiger partial charge on any atom is -0.497 e. The number of anilines is 1. The van der Waals surface area contributed by atoms with Gasteiger partial charge in [0.15, 0.2) is 0 Å². The number of hydrogen-bond donors (Lipinski definition) is 1. The maximum absolute atomic E-state index is 12.7. The molecular formula is C13H12ClNO4S2. The van der Waals surface area contributed by atoms with Crippen molar-refractivity contribution < 1.29 is 18.3 Å². The van der Waals surface area contributed by atoms with Crippen molar-refractivity contribution in [3.8, 4) is 5.75 Å². The Balaban J connectivity index is 2.08. The van der Waals surface area contributed by atoms with E-state index in [2.05, 4.69) is 0 Å². The molecule has 2 aromatic rings. The van der Waals surface area contributed by atoms with E-state index in [-0.39, 0.29) is 10.8 Å². The molecule has 1 aromatic carbocycles. The molecule has 0 amide bonds. The lowest BCUT2D eigenvalue weighted by Crippen LogP contribution is -2.38. The van der Waals surface area contributed by atoms with Crippen LogP contribution >= 0.6 is 22.9 Å². The van der Waals surface area contributed by atoms with Gasteiger partial charge in [0.2, 0.25) is 0 Å². The Morgan fingerprint density at radius 2 is 2.05 bits per heavy atom. The minimum absolute atomic E-state index is 0.0330. The first-order valence-corrected chi connectivity index (χ1v) is 8.71. The van der Waals surface area contributed by atoms with Crippen LogP contribution in [-0.4, -0.2) is 27.2 Å². The van der Waals surface area contributed by atoms with Crippen LogP contribution in [0.3, 0.4) is 0 Å². The molecule has 0 spiro atoms. The van der Waals surface area contributed by atoms with E-state index >= 15 is 0 Å². The van der Waals surface area contributed by atoms with Crippen LogP contribution in [0.4, 0.5) is 5.69 Å². The summed E-state index contributed by atoms with van der Waals surface area (Å²) < 4.78 is 32.0. The molecule has 0 radical (unpaired) electrons. The molecule has 21 heavy (non-hydrogen) atoms. The Labute approximate surface area is 131 Å². The number of halogens is 1. The molecule has 0 bridgehead atoms. The number of ether oxygens (including phenoxy) is 1. The van der Waals surface area contributed by atoms with E-state index in [4.69, 9.17) is 16.3 Å². The first kappa shape index (κ1) is 14.6. The second-order valence-corrected chi connectivity index (χ2v) is 8.28. The standard InChI is InChI=1S/C13H12ClNO4S2/c1-19-9-4-2-8(3-5-9)15-7-11(16)10-6-12(14)20-13(10)21(15,17)18/h2-6,11,16H,7H2,1H3. The number of hydrogen-bond acceptors (Lipinski definition) is 5. The highest BCUT2D eigenvalue weighted by Gasteiger charge is 2.38. The molecule has 1 aliphatic heterocycles. The third kappa shape index (κ3) is 2.40. The number of methoxy groups -OCH3 is 1. The molecule has 0 fully saturated rings. The predicted molar refractivity (Wildman–Crippen MR) is 81.8 cm³/mol. The number of nitrogens with zero attached hydrogens (tertiary/aromatic N) is 1. The van der Waals surface area contributed by atoms with Crippen molar-refractivity contribution in [2.75, 3.05) is 18.0 Å². The van der Waals surface area contributed by atoms with Crippen molar-refractivity contribution in [1.82, 2.24) is 0 Å². The van der Waals surface area contributed by atoms with E-state index in [1.165, 1.54) is 17.5 Å². The summed E-state index contributed by atoms with van der Waals surface area (Å²) in [5.74, 6) is 0.633. The first-order valence-electron chi connectivity index (χ1n) is 6.07. The normalized spacial score (nSPS) is 20.1. The van der Waals surface area contributed by atoms with Crippen LogP contribution in [0.2, 0.25) is 4.34 Å². The Bertz CT molecular complexity index is 770. The molecule has 0 saturated carbocycles. The first-order chi connectivity index (χ1) is 9.93. The van der Waals surface area contributed by atoms with E-state index in [0.717, 1.165) is 11.3 Å². The smallest absolute Gasteiger partial charge is 0.274 e. The molecule has 1 atom stereocenters. The number of β-amino-alcohol motifs (C(OH)–C–C–N with tert-alkyl or cyclic N) is 1. The Morgan fingerprint density at radius 1 is 1.38 bits per heavy atom. The fraction of sp³-hybridized carbons (Fsp3) is 0.231. The van der Waals surface area contributed by atoms with Gasteiger partial charge in [-0.3, -0.25) is 4.31 Å². The van der Waals surface area contributed by atoms with E-state index in [9.17, 15) is 13.5 Å². The topological polar surface area (TPSA) is 66.8 Å². The van der Waals surface area contributed by atoms with Gasteiger partial charge in [-0.25, -0.2) is 8.42 Å². The fourth-order valence-corrected chi connectivity index (χ4v) is 5.79. The van der Waals surface area contributed by atoms with E-state index in [0.29, 0.717) is 21.3 Å². The molecule has 112 valence electrons. The van der Waals surface area contributed by atoms with Gasteiger partial charge in [0.25, 0.3) is 10.0 Å². The van der Waals surface area contributed by atoms with Crippen molar-refractivity contribution in [1.29, 1.82) is 0 Å². The van der Waals surface area contributed by atoms with Crippen LogP contribution in [0.25, 0.3) is 0 Å². The maximum atomic E-state index is 12.7. The molecule has 1 N–H and O–H groups in total. The zero-order chi connectivity index (χ0) is 15.2. The lowest BCUT2D eigenvalue weighted by molar-refractivity contribution is 0.182. The van der Waals surface area contributed by atoms with Crippen LogP contribution in [0, 0.1) is 0 Å². The number of rotatable bonds is 2. The highest BCUT2D eigenvalue weighted by molar-refractivity contribution is 7.95. The van der Waals surface area contributed by atoms with Gasteiger partial charge in [-0.05, 0) is 30.3 Å². The van der Waals surface area contributed by atoms with Crippen LogP contribution in [0.5, 0.6) is 5.75 Å². The van der Waals surface area contributed by atoms with Gasteiger partial charge in [0.05, 0.1) is 29.8 Å². The van der Waals surface area contributed by atoms with E-state index < -0.39 is 16.1 Å². The number of sulfonamides is 1. The maximum Gasteiger partial charge on any atom is 0.274 e. The quantitative estimate of drug-likeness (QED) is 0.908. The summed E-state index contributed by atoms with van der Waals surface area (Å²) in [5.41, 5.74) is 0.847. The molecular weight excluding hydrogens is 334 g/mol. The summed E-state index contributed by atoms with van der Waals surface area (Å²) in [5, 5.41) is 10.2. The average Bonchev–Trinajstić information content (AvgIpc) is 2.87. The van der Waals surface area contributed by atoms with Gasteiger partial charge in [0, 0.05) is 5.56 Å². The van der Waals surface area contributed by atoms with Gasteiger partial charge in [0.1, 0.15) is 9.96 Å². The zero-order valence-electron chi connectivity index (χ0n) is 11.0. The highest BCUT2D eigenvalue weighted by atomic mass is 35.5. The van der Waals surface area contributed by atoms with Crippen LogP contribution in [0.15, 0.2) is 34.5 Å². The monoisotopic (exact) mass is 345 g/mol. The molecule has 2 heterocycles. The van der Waals surface area contributed by atoms with Gasteiger partial charge in [-0.2, -0.15) is 0 Å². The molecule has 1 aliphatic rings. The Morgan fingerprint density at radius 3 is 2.67 bits per heavy atom. The van der Waals surface area contributed by atoms with E-state index in [1.807, 2.05) is 0 Å². The van der Waals surface area contributed by atoms with Crippen molar-refractivity contribution >= 4 is 38.6 Å². The molecule has 1 aromatic heterocycles. The number of benzene rings is 1. The van der Waals surface area contributed by atoms with Crippen LogP contribution in [-0.2, 0) is 10.0 Å². The molecule has 5 nitrogen and oxygen atoms in total. The molecule has 8 heteroatoms. The number of aliphatic hydroxyl groups excluding tert-OH is 1. The van der Waals surface area contributed by atoms with Crippen LogP contribution in [0.1, 0.15) is 11.7 Å². The van der Waals surface area contributed by atoms with Gasteiger partial charge >= 0.3 is 0 Å². The number of aliphatic hydroxyl groups is 1. The van der Waals surface area contributed by atoms with Crippen LogP contribution < -0.4 is 9.04 Å². The SMILES string of the molecule is COc1ccc(N2CC(O)c3cc(Cl)sc3S2(=O)=O)cc1. The summed E-state index contributed by atoms with van der Waals surface area (Å²) in [7, 11) is -2.16. The molecule has 0 saturated heterocycles. The fourth-order valence-electron chi connectivity index (χ4n) is 2.24. The van der Waals surface area contributed by atoms with Gasteiger partial charge < -0.3 is 9.84 Å². The lowest BCUT2D eigenvalue weighted by Gasteiger charge is -2.31. The Kier molecular flexibility index (Phi) is 3.61. The number of fused-ring (bicyclic) bond motifs is 1. The predicted octanol–water partition coefficient (Wildman–Crippen LogP) is 2.65. The van der Waals surface area contributed by atoms with Crippen molar-refractivity contribution in [2.24, 2.45) is 0 Å². The zero-order valence-corrected chi connectivity index (χ0v) is 13.4. The third-order valence-corrected chi connectivity index (χ3v) is 6.88. The van der Waals surface area contributed by atoms with Gasteiger partial charge in [-0.15, -0.1) is 11.3 Å². The largest absolute Gasteiger partial charge is 0.497 e. The summed E-state index contributed by atoms with van der Waals surface area (Å²) in [4.78, 5) is 0. The van der Waals surface area contributed by atoms with Gasteiger partial charge in [-0.1, -0.05) is 11.6 Å². The number of thiophene rings is 1. The third-order valence-electron chi connectivity index (χ3n) is 3.28. The second kappa shape index (κ2) is 5.17. The molecule has 3 rings (SSSR count). The summed E-state index contributed by atoms with van der Waals surface area (Å²) >= 11 is 6.84. The summed E-state index contributed by atoms with van der Waals surface area (Å²) in [6.07, 6.45) is -0.894.